The van der Waals surface area contributed by atoms with Gasteiger partial charge in [0, 0.05) is 18.0 Å². The van der Waals surface area contributed by atoms with Crippen molar-refractivity contribution in [1.82, 2.24) is 24.8 Å². The van der Waals surface area contributed by atoms with Crippen LogP contribution in [0.5, 0.6) is 0 Å². The molecule has 0 saturated heterocycles. The maximum absolute atomic E-state index is 4.53. The Kier molecular flexibility index (Phi) is 2.77. The van der Waals surface area contributed by atoms with Gasteiger partial charge in [0.15, 0.2) is 5.82 Å². The maximum Gasteiger partial charge on any atom is 0.235 e. The molecular formula is C10H9N5S2. The minimum absolute atomic E-state index is 0.820. The van der Waals surface area contributed by atoms with Gasteiger partial charge in [-0.2, -0.15) is 21.4 Å². The first-order chi connectivity index (χ1) is 8.38. The highest BCUT2D eigenvalue weighted by Gasteiger charge is 2.11. The molecule has 0 fully saturated rings. The lowest BCUT2D eigenvalue weighted by Crippen LogP contribution is -1.93. The van der Waals surface area contributed by atoms with Crippen molar-refractivity contribution in [2.75, 3.05) is 6.26 Å². The maximum atomic E-state index is 4.53. The van der Waals surface area contributed by atoms with Crippen molar-refractivity contribution in [3.63, 3.8) is 0 Å². The van der Waals surface area contributed by atoms with E-state index >= 15 is 0 Å². The first-order valence-corrected chi connectivity index (χ1v) is 7.20. The second-order valence-corrected chi connectivity index (χ2v) is 5.21. The van der Waals surface area contributed by atoms with E-state index in [1.807, 2.05) is 22.9 Å². The zero-order chi connectivity index (χ0) is 11.7. The van der Waals surface area contributed by atoms with Gasteiger partial charge in [-0.15, -0.1) is 10.2 Å². The molecule has 0 aliphatic carbocycles. The standard InChI is InChI=1S/C10H9N5S2/c1-16-6-8-12-13-10-15(8)14-9(17-10)7-2-4-11-5-3-7/h2-5H,6H2,1H3. The highest BCUT2D eigenvalue weighted by molar-refractivity contribution is 7.97. The SMILES string of the molecule is CSCc1nnc2sc(-c3ccncc3)nn12. The summed E-state index contributed by atoms with van der Waals surface area (Å²) in [6.07, 6.45) is 5.57. The van der Waals surface area contributed by atoms with Crippen LogP contribution in [0.4, 0.5) is 0 Å². The molecule has 0 aromatic carbocycles. The van der Waals surface area contributed by atoms with Crippen LogP contribution in [0.1, 0.15) is 5.82 Å². The number of nitrogens with zero attached hydrogens (tertiary/aromatic N) is 5. The smallest absolute Gasteiger partial charge is 0.235 e. The summed E-state index contributed by atoms with van der Waals surface area (Å²) in [5, 5.41) is 13.7. The molecule has 0 saturated carbocycles. The monoisotopic (exact) mass is 263 g/mol. The van der Waals surface area contributed by atoms with Gasteiger partial charge in [0.2, 0.25) is 4.96 Å². The molecule has 86 valence electrons. The van der Waals surface area contributed by atoms with Crippen LogP contribution in [0.3, 0.4) is 0 Å². The van der Waals surface area contributed by atoms with Gasteiger partial charge in [-0.05, 0) is 18.4 Å². The van der Waals surface area contributed by atoms with Crippen LogP contribution in [-0.4, -0.2) is 31.1 Å². The van der Waals surface area contributed by atoms with E-state index in [0.717, 1.165) is 27.1 Å². The molecule has 3 aromatic rings. The van der Waals surface area contributed by atoms with Crippen molar-refractivity contribution in [1.29, 1.82) is 0 Å². The number of hydrogen-bond acceptors (Lipinski definition) is 6. The van der Waals surface area contributed by atoms with Crippen LogP contribution in [0.15, 0.2) is 24.5 Å². The predicted octanol–water partition coefficient (Wildman–Crippen LogP) is 2.11. The van der Waals surface area contributed by atoms with Crippen molar-refractivity contribution in [3.05, 3.63) is 30.4 Å². The molecule has 0 aliphatic heterocycles. The zero-order valence-corrected chi connectivity index (χ0v) is 10.7. The third-order valence-electron chi connectivity index (χ3n) is 2.26. The van der Waals surface area contributed by atoms with Gasteiger partial charge >= 0.3 is 0 Å². The Morgan fingerprint density at radius 1 is 1.29 bits per heavy atom. The summed E-state index contributed by atoms with van der Waals surface area (Å²) >= 11 is 3.25. The van der Waals surface area contributed by atoms with E-state index in [4.69, 9.17) is 0 Å². The largest absolute Gasteiger partial charge is 0.265 e. The Morgan fingerprint density at radius 3 is 2.88 bits per heavy atom. The van der Waals surface area contributed by atoms with E-state index < -0.39 is 0 Å². The van der Waals surface area contributed by atoms with Gasteiger partial charge < -0.3 is 0 Å². The van der Waals surface area contributed by atoms with Crippen molar-refractivity contribution in [2.24, 2.45) is 0 Å². The molecule has 3 heterocycles. The molecule has 3 aromatic heterocycles. The lowest BCUT2D eigenvalue weighted by atomic mass is 10.3. The molecule has 5 nitrogen and oxygen atoms in total. The lowest BCUT2D eigenvalue weighted by Gasteiger charge is -1.93. The molecule has 17 heavy (non-hydrogen) atoms. The molecule has 0 amide bonds. The first kappa shape index (κ1) is 10.7. The van der Waals surface area contributed by atoms with Crippen molar-refractivity contribution >= 4 is 28.1 Å². The van der Waals surface area contributed by atoms with Crippen LogP contribution in [0, 0.1) is 0 Å². The number of hydrogen-bond donors (Lipinski definition) is 0. The lowest BCUT2D eigenvalue weighted by molar-refractivity contribution is 0.888. The van der Waals surface area contributed by atoms with Crippen LogP contribution in [0.2, 0.25) is 0 Å². The van der Waals surface area contributed by atoms with Gasteiger partial charge in [-0.3, -0.25) is 4.98 Å². The molecule has 3 rings (SSSR count). The average molecular weight is 263 g/mol. The fourth-order valence-corrected chi connectivity index (χ4v) is 2.79. The zero-order valence-electron chi connectivity index (χ0n) is 9.07. The molecule has 0 radical (unpaired) electrons. The molecule has 0 spiro atoms. The predicted molar refractivity (Wildman–Crippen MR) is 69.1 cm³/mol. The number of pyridine rings is 1. The molecule has 0 N–H and O–H groups in total. The summed E-state index contributed by atoms with van der Waals surface area (Å²) in [5.41, 5.74) is 1.06. The Morgan fingerprint density at radius 2 is 2.12 bits per heavy atom. The Balaban J connectivity index is 2.08. The average Bonchev–Trinajstić information content (AvgIpc) is 2.93. The van der Waals surface area contributed by atoms with Gasteiger partial charge in [-0.1, -0.05) is 11.3 Å². The number of fused-ring (bicyclic) bond motifs is 1. The van der Waals surface area contributed by atoms with E-state index in [1.165, 1.54) is 11.3 Å². The minimum atomic E-state index is 0.820. The van der Waals surface area contributed by atoms with Crippen molar-refractivity contribution < 1.29 is 0 Å². The number of rotatable bonds is 3. The quantitative estimate of drug-likeness (QED) is 0.724. The third kappa shape index (κ3) is 1.91. The first-order valence-electron chi connectivity index (χ1n) is 4.99. The van der Waals surface area contributed by atoms with Gasteiger partial charge in [0.05, 0.1) is 5.75 Å². The Bertz CT molecular complexity index is 630. The third-order valence-corrected chi connectivity index (χ3v) is 3.75. The number of thioether (sulfide) groups is 1. The number of aromatic nitrogens is 5. The summed E-state index contributed by atoms with van der Waals surface area (Å²) in [6, 6.07) is 3.89. The van der Waals surface area contributed by atoms with Gasteiger partial charge in [0.25, 0.3) is 0 Å². The summed E-state index contributed by atoms with van der Waals surface area (Å²) < 4.78 is 1.82. The molecule has 7 heteroatoms. The fourth-order valence-electron chi connectivity index (χ4n) is 1.49. The fraction of sp³-hybridized carbons (Fsp3) is 0.200. The van der Waals surface area contributed by atoms with E-state index in [2.05, 4.69) is 20.3 Å². The van der Waals surface area contributed by atoms with Crippen LogP contribution < -0.4 is 0 Å². The molecule has 0 bridgehead atoms. The van der Waals surface area contributed by atoms with Gasteiger partial charge in [0.1, 0.15) is 5.01 Å². The second kappa shape index (κ2) is 4.42. The van der Waals surface area contributed by atoms with Crippen LogP contribution in [0.25, 0.3) is 15.5 Å². The summed E-state index contributed by atoms with van der Waals surface area (Å²) in [7, 11) is 0. The molecule has 0 unspecified atom stereocenters. The molecule has 0 atom stereocenters. The highest BCUT2D eigenvalue weighted by atomic mass is 32.2. The van der Waals surface area contributed by atoms with E-state index in [0.29, 0.717) is 0 Å². The van der Waals surface area contributed by atoms with Crippen LogP contribution in [-0.2, 0) is 5.75 Å². The molecule has 0 aliphatic rings. The highest BCUT2D eigenvalue weighted by Crippen LogP contribution is 2.25. The van der Waals surface area contributed by atoms with Crippen molar-refractivity contribution in [2.45, 2.75) is 5.75 Å². The molecular weight excluding hydrogens is 254 g/mol. The van der Waals surface area contributed by atoms with Gasteiger partial charge in [-0.25, -0.2) is 0 Å². The topological polar surface area (TPSA) is 56.0 Å². The Labute approximate surface area is 106 Å². The van der Waals surface area contributed by atoms with E-state index in [1.54, 1.807) is 24.2 Å². The van der Waals surface area contributed by atoms with Crippen LogP contribution >= 0.6 is 23.1 Å². The summed E-state index contributed by atoms with van der Waals surface area (Å²) in [5.74, 6) is 1.71. The van der Waals surface area contributed by atoms with Crippen molar-refractivity contribution in [3.8, 4) is 10.6 Å². The summed E-state index contributed by atoms with van der Waals surface area (Å²) in [4.78, 5) is 4.83. The Hall–Kier alpha value is -1.47. The van der Waals surface area contributed by atoms with E-state index in [-0.39, 0.29) is 0 Å². The minimum Gasteiger partial charge on any atom is -0.265 e. The van der Waals surface area contributed by atoms with E-state index in [9.17, 15) is 0 Å². The normalized spacial score (nSPS) is 11.1. The summed E-state index contributed by atoms with van der Waals surface area (Å²) in [6.45, 7) is 0. The second-order valence-electron chi connectivity index (χ2n) is 3.39.